The number of anilines is 4. The number of carbonyl (C=O) groups excluding carboxylic acids is 1. The van der Waals surface area contributed by atoms with Gasteiger partial charge in [-0.15, -0.1) is 0 Å². The van der Waals surface area contributed by atoms with Crippen LogP contribution >= 0.6 is 0 Å². The Bertz CT molecular complexity index is 817. The Morgan fingerprint density at radius 1 is 1.22 bits per heavy atom. The molecule has 0 spiro atoms. The number of pyridine rings is 1. The van der Waals surface area contributed by atoms with Gasteiger partial charge in [0.05, 0.1) is 29.5 Å². The van der Waals surface area contributed by atoms with E-state index in [-0.39, 0.29) is 11.9 Å². The predicted molar refractivity (Wildman–Crippen MR) is 104 cm³/mol. The third-order valence-corrected chi connectivity index (χ3v) is 4.80. The molecule has 1 saturated heterocycles. The maximum absolute atomic E-state index is 12.1. The monoisotopic (exact) mass is 368 g/mol. The van der Waals surface area contributed by atoms with Gasteiger partial charge in [-0.3, -0.25) is 4.79 Å². The number of rotatable bonds is 4. The van der Waals surface area contributed by atoms with Gasteiger partial charge in [-0.05, 0) is 12.1 Å². The molecule has 2 aliphatic heterocycles. The molecule has 0 saturated carbocycles. The number of likely N-dealkylation sites (N-methyl/N-ethyl adjacent to an activating group) is 1. The van der Waals surface area contributed by atoms with Gasteiger partial charge in [-0.25, -0.2) is 15.0 Å². The van der Waals surface area contributed by atoms with Gasteiger partial charge >= 0.3 is 0 Å². The summed E-state index contributed by atoms with van der Waals surface area (Å²) in [6, 6.07) is 3.71. The number of nitrogens with zero attached hydrogens (tertiary/aromatic N) is 5. The summed E-state index contributed by atoms with van der Waals surface area (Å²) in [5.41, 5.74) is 2.76. The van der Waals surface area contributed by atoms with Gasteiger partial charge in [-0.1, -0.05) is 0 Å². The van der Waals surface area contributed by atoms with Gasteiger partial charge in [0.15, 0.2) is 0 Å². The molecule has 0 bridgehead atoms. The molecule has 2 aromatic heterocycles. The maximum atomic E-state index is 12.1. The lowest BCUT2D eigenvalue weighted by atomic mass is 10.2. The van der Waals surface area contributed by atoms with Crippen LogP contribution in [-0.4, -0.2) is 72.1 Å². The van der Waals surface area contributed by atoms with Crippen molar-refractivity contribution in [2.45, 2.75) is 12.5 Å². The first-order valence-corrected chi connectivity index (χ1v) is 9.12. The van der Waals surface area contributed by atoms with Gasteiger partial charge in [-0.2, -0.15) is 0 Å². The first-order valence-electron chi connectivity index (χ1n) is 9.12. The minimum Gasteiger partial charge on any atom is -0.371 e. The van der Waals surface area contributed by atoms with Crippen molar-refractivity contribution in [2.75, 3.05) is 55.8 Å². The molecule has 27 heavy (non-hydrogen) atoms. The number of hydrogen-bond acceptors (Lipinski definition) is 8. The molecule has 2 aliphatic rings. The number of aromatic nitrogens is 3. The summed E-state index contributed by atoms with van der Waals surface area (Å²) in [5, 5.41) is 9.67. The second kappa shape index (κ2) is 7.36. The summed E-state index contributed by atoms with van der Waals surface area (Å²) in [7, 11) is 3.50. The summed E-state index contributed by atoms with van der Waals surface area (Å²) in [6.45, 7) is 3.97. The van der Waals surface area contributed by atoms with Crippen molar-refractivity contribution in [3.05, 3.63) is 30.2 Å². The topological polar surface area (TPSA) is 98.3 Å². The van der Waals surface area contributed by atoms with Gasteiger partial charge < -0.3 is 25.8 Å². The van der Waals surface area contributed by atoms with E-state index in [1.807, 2.05) is 12.3 Å². The van der Waals surface area contributed by atoms with E-state index in [0.717, 1.165) is 43.2 Å². The zero-order chi connectivity index (χ0) is 18.8. The van der Waals surface area contributed by atoms with Gasteiger partial charge in [0.1, 0.15) is 11.9 Å². The zero-order valence-electron chi connectivity index (χ0n) is 15.6. The fraction of sp³-hybridized carbons (Fsp3) is 0.444. The Kier molecular flexibility index (Phi) is 4.76. The minimum atomic E-state index is -0.281. The standard InChI is InChI=1S/C18H24N8O/c1-25(2)17(27)14-9-13-15(22-14)11-21-18(23-13)24-16-4-3-12(10-20-16)26-7-5-19-6-8-26/h3-4,10-11,14,19,22H,5-9H2,1-2H3,(H,20,21,23,24). The van der Waals surface area contributed by atoms with Crippen LogP contribution < -0.4 is 20.9 Å². The molecule has 2 aromatic rings. The molecule has 142 valence electrons. The molecular weight excluding hydrogens is 344 g/mol. The Balaban J connectivity index is 1.42. The number of hydrogen-bond donors (Lipinski definition) is 3. The quantitative estimate of drug-likeness (QED) is 0.716. The summed E-state index contributed by atoms with van der Waals surface area (Å²) in [6.07, 6.45) is 4.13. The molecule has 9 heteroatoms. The molecule has 1 fully saturated rings. The summed E-state index contributed by atoms with van der Waals surface area (Å²) in [4.78, 5) is 29.4. The van der Waals surface area contributed by atoms with E-state index >= 15 is 0 Å². The number of piperazine rings is 1. The van der Waals surface area contributed by atoms with Crippen LogP contribution in [-0.2, 0) is 11.2 Å². The van der Waals surface area contributed by atoms with Crippen LogP contribution in [0, 0.1) is 0 Å². The molecule has 9 nitrogen and oxygen atoms in total. The third-order valence-electron chi connectivity index (χ3n) is 4.80. The number of amides is 1. The van der Waals surface area contributed by atoms with Crippen LogP contribution in [0.3, 0.4) is 0 Å². The van der Waals surface area contributed by atoms with Crippen molar-refractivity contribution in [1.29, 1.82) is 0 Å². The number of carbonyl (C=O) groups is 1. The fourth-order valence-corrected chi connectivity index (χ4v) is 3.33. The second-order valence-corrected chi connectivity index (χ2v) is 6.95. The lowest BCUT2D eigenvalue weighted by Gasteiger charge is -2.29. The summed E-state index contributed by atoms with van der Waals surface area (Å²) >= 11 is 0. The molecule has 0 aliphatic carbocycles. The zero-order valence-corrected chi connectivity index (χ0v) is 15.6. The van der Waals surface area contributed by atoms with E-state index in [4.69, 9.17) is 0 Å². The molecule has 0 aromatic carbocycles. The van der Waals surface area contributed by atoms with Crippen LogP contribution in [0.2, 0.25) is 0 Å². The van der Waals surface area contributed by atoms with Crippen LogP contribution in [0.1, 0.15) is 5.69 Å². The third kappa shape index (κ3) is 3.77. The van der Waals surface area contributed by atoms with Crippen molar-refractivity contribution in [3.8, 4) is 0 Å². The van der Waals surface area contributed by atoms with Crippen molar-refractivity contribution >= 4 is 29.0 Å². The van der Waals surface area contributed by atoms with E-state index < -0.39 is 0 Å². The van der Waals surface area contributed by atoms with E-state index in [0.29, 0.717) is 18.2 Å². The molecular formula is C18H24N8O. The van der Waals surface area contributed by atoms with Crippen molar-refractivity contribution in [1.82, 2.24) is 25.2 Å². The Hall–Kier alpha value is -2.94. The highest BCUT2D eigenvalue weighted by molar-refractivity contribution is 5.86. The first kappa shape index (κ1) is 17.5. The molecule has 4 heterocycles. The highest BCUT2D eigenvalue weighted by Gasteiger charge is 2.29. The highest BCUT2D eigenvalue weighted by atomic mass is 16.2. The van der Waals surface area contributed by atoms with Gasteiger partial charge in [0, 0.05) is 46.7 Å². The predicted octanol–water partition coefficient (Wildman–Crippen LogP) is 0.450. The Morgan fingerprint density at radius 2 is 2.04 bits per heavy atom. The lowest BCUT2D eigenvalue weighted by molar-refractivity contribution is -0.129. The Labute approximate surface area is 158 Å². The molecule has 1 unspecified atom stereocenters. The smallest absolute Gasteiger partial charge is 0.244 e. The van der Waals surface area contributed by atoms with Crippen LogP contribution in [0.15, 0.2) is 24.5 Å². The van der Waals surface area contributed by atoms with Crippen molar-refractivity contribution in [3.63, 3.8) is 0 Å². The molecule has 4 rings (SSSR count). The van der Waals surface area contributed by atoms with E-state index in [2.05, 4.69) is 41.9 Å². The minimum absolute atomic E-state index is 0.0349. The fourth-order valence-electron chi connectivity index (χ4n) is 3.33. The molecule has 1 atom stereocenters. The molecule has 1 amide bonds. The summed E-state index contributed by atoms with van der Waals surface area (Å²) in [5.74, 6) is 1.21. The van der Waals surface area contributed by atoms with E-state index in [1.165, 1.54) is 0 Å². The van der Waals surface area contributed by atoms with Crippen LogP contribution in [0.4, 0.5) is 23.1 Å². The number of fused-ring (bicyclic) bond motifs is 1. The van der Waals surface area contributed by atoms with Gasteiger partial charge in [0.25, 0.3) is 0 Å². The second-order valence-electron chi connectivity index (χ2n) is 6.95. The average Bonchev–Trinajstić information content (AvgIpc) is 3.12. The lowest BCUT2D eigenvalue weighted by Crippen LogP contribution is -2.43. The molecule has 0 radical (unpaired) electrons. The van der Waals surface area contributed by atoms with E-state index in [9.17, 15) is 4.79 Å². The van der Waals surface area contributed by atoms with Crippen LogP contribution in [0.5, 0.6) is 0 Å². The average molecular weight is 368 g/mol. The van der Waals surface area contributed by atoms with Crippen molar-refractivity contribution < 1.29 is 4.79 Å². The SMILES string of the molecule is CN(C)C(=O)C1Cc2nc(Nc3ccc(N4CCNCC4)cn3)ncc2N1. The highest BCUT2D eigenvalue weighted by Crippen LogP contribution is 2.26. The summed E-state index contributed by atoms with van der Waals surface area (Å²) < 4.78 is 0. The Morgan fingerprint density at radius 3 is 2.74 bits per heavy atom. The molecule has 3 N–H and O–H groups in total. The largest absolute Gasteiger partial charge is 0.371 e. The maximum Gasteiger partial charge on any atom is 0.244 e. The first-order chi connectivity index (χ1) is 13.1. The number of nitrogens with one attached hydrogen (secondary N) is 3. The van der Waals surface area contributed by atoms with Crippen molar-refractivity contribution in [2.24, 2.45) is 0 Å². The van der Waals surface area contributed by atoms with Gasteiger partial charge in [0.2, 0.25) is 11.9 Å². The normalized spacial score (nSPS) is 18.6. The van der Waals surface area contributed by atoms with Crippen LogP contribution in [0.25, 0.3) is 0 Å². The van der Waals surface area contributed by atoms with E-state index in [1.54, 1.807) is 25.2 Å².